The number of ether oxygens (including phenoxy) is 1. The number of hydrogen-bond donors (Lipinski definition) is 1. The van der Waals surface area contributed by atoms with Gasteiger partial charge in [-0.2, -0.15) is 0 Å². The highest BCUT2D eigenvalue weighted by Crippen LogP contribution is 2.10. The Morgan fingerprint density at radius 3 is 2.29 bits per heavy atom. The number of carbonyl (C=O) groups is 2. The first-order valence-electron chi connectivity index (χ1n) is 6.56. The second-order valence-electron chi connectivity index (χ2n) is 4.44. The average molecular weight is 313 g/mol. The van der Waals surface area contributed by atoms with Gasteiger partial charge in [0.05, 0.1) is 25.0 Å². The van der Waals surface area contributed by atoms with Crippen LogP contribution in [0.3, 0.4) is 0 Å². The molecule has 1 rings (SSSR count). The second kappa shape index (κ2) is 7.90. The molecule has 0 aliphatic rings. The number of ketones is 1. The first kappa shape index (κ1) is 17.3. The lowest BCUT2D eigenvalue weighted by Gasteiger charge is -2.07. The highest BCUT2D eigenvalue weighted by molar-refractivity contribution is 7.89. The van der Waals surface area contributed by atoms with Gasteiger partial charge in [-0.05, 0) is 24.1 Å². The number of benzene rings is 1. The molecule has 1 N–H and O–H groups in total. The Bertz CT molecular complexity index is 592. The maximum Gasteiger partial charge on any atom is 0.305 e. The van der Waals surface area contributed by atoms with Gasteiger partial charge in [-0.15, -0.1) is 0 Å². The van der Waals surface area contributed by atoms with Crippen molar-refractivity contribution in [2.45, 2.75) is 31.1 Å². The van der Waals surface area contributed by atoms with Crippen LogP contribution in [0.1, 0.15) is 25.3 Å². The quantitative estimate of drug-likeness (QED) is 0.725. The van der Waals surface area contributed by atoms with Gasteiger partial charge < -0.3 is 4.74 Å². The zero-order valence-corrected chi connectivity index (χ0v) is 12.9. The SMILES string of the molecule is CCc1ccc(S(=O)(=O)NCC(=O)CCC(=O)OC)cc1. The molecular weight excluding hydrogens is 294 g/mol. The molecule has 0 fully saturated rings. The number of nitrogens with one attached hydrogen (secondary N) is 1. The fraction of sp³-hybridized carbons (Fsp3) is 0.429. The summed E-state index contributed by atoms with van der Waals surface area (Å²) in [6.45, 7) is 1.64. The number of carbonyl (C=O) groups excluding carboxylic acids is 2. The molecule has 0 saturated carbocycles. The molecule has 0 atom stereocenters. The lowest BCUT2D eigenvalue weighted by atomic mass is 10.2. The maximum atomic E-state index is 12.0. The van der Waals surface area contributed by atoms with Gasteiger partial charge in [0.1, 0.15) is 5.78 Å². The van der Waals surface area contributed by atoms with E-state index in [1.807, 2.05) is 6.92 Å². The minimum atomic E-state index is -3.71. The predicted molar refractivity (Wildman–Crippen MR) is 77.3 cm³/mol. The third kappa shape index (κ3) is 5.65. The van der Waals surface area contributed by atoms with Gasteiger partial charge >= 0.3 is 5.97 Å². The number of hydrogen-bond acceptors (Lipinski definition) is 5. The summed E-state index contributed by atoms with van der Waals surface area (Å²) in [6.07, 6.45) is 0.714. The number of rotatable bonds is 8. The lowest BCUT2D eigenvalue weighted by molar-refractivity contribution is -0.141. The molecule has 1 aromatic rings. The van der Waals surface area contributed by atoms with Crippen molar-refractivity contribution in [1.29, 1.82) is 0 Å². The molecule has 0 amide bonds. The van der Waals surface area contributed by atoms with Crippen molar-refractivity contribution in [1.82, 2.24) is 4.72 Å². The van der Waals surface area contributed by atoms with Crippen LogP contribution in [-0.4, -0.2) is 33.8 Å². The van der Waals surface area contributed by atoms with Gasteiger partial charge in [0.15, 0.2) is 0 Å². The van der Waals surface area contributed by atoms with E-state index in [2.05, 4.69) is 9.46 Å². The maximum absolute atomic E-state index is 12.0. The van der Waals surface area contributed by atoms with E-state index in [1.54, 1.807) is 12.1 Å². The Morgan fingerprint density at radius 2 is 1.76 bits per heavy atom. The monoisotopic (exact) mass is 313 g/mol. The third-order valence-electron chi connectivity index (χ3n) is 2.94. The van der Waals surface area contributed by atoms with Gasteiger partial charge in [-0.1, -0.05) is 19.1 Å². The normalized spacial score (nSPS) is 11.1. The molecular formula is C14H19NO5S. The molecule has 0 heterocycles. The Kier molecular flexibility index (Phi) is 6.51. The molecule has 0 spiro atoms. The highest BCUT2D eigenvalue weighted by atomic mass is 32.2. The molecule has 0 aliphatic heterocycles. The van der Waals surface area contributed by atoms with Gasteiger partial charge in [-0.3, -0.25) is 9.59 Å². The average Bonchev–Trinajstić information content (AvgIpc) is 2.50. The van der Waals surface area contributed by atoms with E-state index < -0.39 is 16.0 Å². The molecule has 21 heavy (non-hydrogen) atoms. The summed E-state index contributed by atoms with van der Waals surface area (Å²) in [4.78, 5) is 22.5. The van der Waals surface area contributed by atoms with Crippen molar-refractivity contribution in [3.8, 4) is 0 Å². The van der Waals surface area contributed by atoms with Crippen molar-refractivity contribution in [2.75, 3.05) is 13.7 Å². The fourth-order valence-electron chi connectivity index (χ4n) is 1.60. The van der Waals surface area contributed by atoms with Crippen LogP contribution >= 0.6 is 0 Å². The predicted octanol–water partition coefficient (Wildman–Crippen LogP) is 1.05. The standard InChI is InChI=1S/C14H19NO5S/c1-3-11-4-7-13(8-5-11)21(18,19)15-10-12(16)6-9-14(17)20-2/h4-5,7-8,15H,3,6,9-10H2,1-2H3. The summed E-state index contributed by atoms with van der Waals surface area (Å²) in [5.41, 5.74) is 1.03. The fourth-order valence-corrected chi connectivity index (χ4v) is 2.61. The van der Waals surface area contributed by atoms with E-state index in [0.717, 1.165) is 12.0 Å². The number of sulfonamides is 1. The van der Waals surface area contributed by atoms with Crippen LogP contribution in [0.4, 0.5) is 0 Å². The van der Waals surface area contributed by atoms with E-state index in [-0.39, 0.29) is 30.1 Å². The zero-order valence-electron chi connectivity index (χ0n) is 12.1. The number of methoxy groups -OCH3 is 1. The molecule has 7 heteroatoms. The summed E-state index contributed by atoms with van der Waals surface area (Å²) in [7, 11) is -2.48. The van der Waals surface area contributed by atoms with Gasteiger partial charge in [-0.25, -0.2) is 13.1 Å². The Morgan fingerprint density at radius 1 is 1.14 bits per heavy atom. The summed E-state index contributed by atoms with van der Waals surface area (Å²) in [5, 5.41) is 0. The van der Waals surface area contributed by atoms with Crippen molar-refractivity contribution >= 4 is 21.8 Å². The van der Waals surface area contributed by atoms with Crippen LogP contribution in [0.25, 0.3) is 0 Å². The smallest absolute Gasteiger partial charge is 0.305 e. The summed E-state index contributed by atoms with van der Waals surface area (Å²) in [6, 6.07) is 6.46. The van der Waals surface area contributed by atoms with E-state index in [9.17, 15) is 18.0 Å². The molecule has 0 unspecified atom stereocenters. The minimum absolute atomic E-state index is 0.0516. The first-order chi connectivity index (χ1) is 9.89. The molecule has 0 saturated heterocycles. The second-order valence-corrected chi connectivity index (χ2v) is 6.20. The van der Waals surface area contributed by atoms with E-state index in [4.69, 9.17) is 0 Å². The molecule has 0 radical (unpaired) electrons. The van der Waals surface area contributed by atoms with Crippen LogP contribution in [0.5, 0.6) is 0 Å². The summed E-state index contributed by atoms with van der Waals surface area (Å²) < 4.78 is 30.6. The van der Waals surface area contributed by atoms with E-state index in [1.165, 1.54) is 19.2 Å². The molecule has 0 bridgehead atoms. The Hall–Kier alpha value is -1.73. The number of Topliss-reactive ketones (excluding diaryl/α,β-unsaturated/α-hetero) is 1. The van der Waals surface area contributed by atoms with Crippen LogP contribution in [0, 0.1) is 0 Å². The van der Waals surface area contributed by atoms with Crippen molar-refractivity contribution in [3.05, 3.63) is 29.8 Å². The largest absolute Gasteiger partial charge is 0.469 e. The Labute approximate surface area is 124 Å². The number of aryl methyl sites for hydroxylation is 1. The molecule has 1 aromatic carbocycles. The van der Waals surface area contributed by atoms with E-state index in [0.29, 0.717) is 0 Å². The number of esters is 1. The van der Waals surface area contributed by atoms with Crippen LogP contribution in [0.2, 0.25) is 0 Å². The van der Waals surface area contributed by atoms with Crippen molar-refractivity contribution in [3.63, 3.8) is 0 Å². The summed E-state index contributed by atoms with van der Waals surface area (Å²) in [5.74, 6) is -0.865. The van der Waals surface area contributed by atoms with Crippen molar-refractivity contribution < 1.29 is 22.7 Å². The highest BCUT2D eigenvalue weighted by Gasteiger charge is 2.15. The summed E-state index contributed by atoms with van der Waals surface area (Å²) >= 11 is 0. The van der Waals surface area contributed by atoms with Gasteiger partial charge in [0.25, 0.3) is 0 Å². The third-order valence-corrected chi connectivity index (χ3v) is 4.35. The van der Waals surface area contributed by atoms with Gasteiger partial charge in [0, 0.05) is 6.42 Å². The molecule has 116 valence electrons. The molecule has 6 nitrogen and oxygen atoms in total. The minimum Gasteiger partial charge on any atom is -0.469 e. The van der Waals surface area contributed by atoms with Gasteiger partial charge in [0.2, 0.25) is 10.0 Å². The topological polar surface area (TPSA) is 89.5 Å². The lowest BCUT2D eigenvalue weighted by Crippen LogP contribution is -2.29. The van der Waals surface area contributed by atoms with Crippen LogP contribution < -0.4 is 4.72 Å². The van der Waals surface area contributed by atoms with Crippen LogP contribution in [0.15, 0.2) is 29.2 Å². The molecule has 0 aromatic heterocycles. The Balaban J connectivity index is 2.56. The van der Waals surface area contributed by atoms with Crippen molar-refractivity contribution in [2.24, 2.45) is 0 Å². The molecule has 0 aliphatic carbocycles. The zero-order chi connectivity index (χ0) is 15.9. The first-order valence-corrected chi connectivity index (χ1v) is 8.04. The van der Waals surface area contributed by atoms with E-state index >= 15 is 0 Å². The van der Waals surface area contributed by atoms with Crippen LogP contribution in [-0.2, 0) is 30.8 Å².